The third-order valence-corrected chi connectivity index (χ3v) is 4.02. The Morgan fingerprint density at radius 2 is 1.95 bits per heavy atom. The van der Waals surface area contributed by atoms with E-state index in [1.165, 1.54) is 23.4 Å². The van der Waals surface area contributed by atoms with Gasteiger partial charge in [-0.2, -0.15) is 0 Å². The number of pyridine rings is 1. The molecule has 1 aliphatic carbocycles. The van der Waals surface area contributed by atoms with Gasteiger partial charge in [-0.3, -0.25) is 0 Å². The number of nitrogens with one attached hydrogen (secondary N) is 1. The van der Waals surface area contributed by atoms with Gasteiger partial charge in [-0.25, -0.2) is 9.37 Å². The summed E-state index contributed by atoms with van der Waals surface area (Å²) in [5.74, 6) is -0.317. The number of aromatic nitrogens is 2. The number of benzene rings is 1. The average molecular weight is 292 g/mol. The molecule has 2 aromatic heterocycles. The third-order valence-electron chi connectivity index (χ3n) is 4.02. The minimum Gasteiger partial charge on any atom is -0.346 e. The monoisotopic (exact) mass is 292 g/mol. The van der Waals surface area contributed by atoms with Crippen LogP contribution in [0.15, 0.2) is 61.0 Å². The highest BCUT2D eigenvalue weighted by atomic mass is 19.1. The van der Waals surface area contributed by atoms with Crippen LogP contribution in [-0.2, 0) is 0 Å². The summed E-state index contributed by atoms with van der Waals surface area (Å²) in [5.41, 5.74) is 5.18. The van der Waals surface area contributed by atoms with Crippen LogP contribution in [0.5, 0.6) is 0 Å². The van der Waals surface area contributed by atoms with Gasteiger partial charge >= 0.3 is 0 Å². The molecular weight excluding hydrogens is 275 g/mol. The molecular formula is C19H17FN2. The summed E-state index contributed by atoms with van der Waals surface area (Å²) >= 11 is 0. The van der Waals surface area contributed by atoms with Crippen molar-refractivity contribution in [2.45, 2.75) is 12.8 Å². The van der Waals surface area contributed by atoms with Gasteiger partial charge in [0.15, 0.2) is 0 Å². The highest BCUT2D eigenvalue weighted by molar-refractivity contribution is 5.98. The van der Waals surface area contributed by atoms with Gasteiger partial charge in [-0.05, 0) is 35.6 Å². The number of hydrogen-bond donors (Lipinski definition) is 1. The van der Waals surface area contributed by atoms with Crippen molar-refractivity contribution in [1.29, 1.82) is 0 Å². The predicted molar refractivity (Wildman–Crippen MR) is 90.0 cm³/mol. The van der Waals surface area contributed by atoms with Crippen LogP contribution in [0.1, 0.15) is 19.8 Å². The summed E-state index contributed by atoms with van der Waals surface area (Å²) in [4.78, 5) is 7.24. The van der Waals surface area contributed by atoms with Crippen molar-refractivity contribution in [3.63, 3.8) is 0 Å². The SMILES string of the molecule is Fc1cnc2[nH]cc(-c3ccccc3C3=CCCC=C3)c2c1.[HH]. The summed E-state index contributed by atoms with van der Waals surface area (Å²) in [6.45, 7) is 0. The number of rotatable bonds is 2. The van der Waals surface area contributed by atoms with Crippen LogP contribution in [0.25, 0.3) is 27.7 Å². The second-order valence-electron chi connectivity index (χ2n) is 5.44. The lowest BCUT2D eigenvalue weighted by Crippen LogP contribution is -1.90. The maximum absolute atomic E-state index is 13.6. The molecule has 1 aromatic carbocycles. The van der Waals surface area contributed by atoms with E-state index in [2.05, 4.69) is 40.3 Å². The summed E-state index contributed by atoms with van der Waals surface area (Å²) < 4.78 is 13.6. The number of halogens is 1. The first-order valence-corrected chi connectivity index (χ1v) is 7.42. The van der Waals surface area contributed by atoms with Gasteiger partial charge in [-0.1, -0.05) is 42.5 Å². The van der Waals surface area contributed by atoms with Crippen LogP contribution in [0.3, 0.4) is 0 Å². The van der Waals surface area contributed by atoms with Crippen LogP contribution in [-0.4, -0.2) is 9.97 Å². The van der Waals surface area contributed by atoms with Crippen LogP contribution >= 0.6 is 0 Å². The van der Waals surface area contributed by atoms with Gasteiger partial charge in [0.2, 0.25) is 0 Å². The number of nitrogens with zero attached hydrogens (tertiary/aromatic N) is 1. The van der Waals surface area contributed by atoms with E-state index in [1.807, 2.05) is 18.3 Å². The summed E-state index contributed by atoms with van der Waals surface area (Å²) in [5, 5.41) is 0.813. The van der Waals surface area contributed by atoms with Crippen LogP contribution in [0, 0.1) is 5.82 Å². The maximum Gasteiger partial charge on any atom is 0.142 e. The molecule has 0 atom stereocenters. The van der Waals surface area contributed by atoms with Crippen molar-refractivity contribution in [2.75, 3.05) is 0 Å². The quantitative estimate of drug-likeness (QED) is 0.677. The molecule has 2 nitrogen and oxygen atoms in total. The fourth-order valence-electron chi connectivity index (χ4n) is 2.98. The summed E-state index contributed by atoms with van der Waals surface area (Å²) in [7, 11) is 0. The van der Waals surface area contributed by atoms with E-state index in [1.54, 1.807) is 0 Å². The largest absolute Gasteiger partial charge is 0.346 e. The zero-order chi connectivity index (χ0) is 14.9. The van der Waals surface area contributed by atoms with Gasteiger partial charge in [0.05, 0.1) is 6.20 Å². The topological polar surface area (TPSA) is 28.7 Å². The molecule has 4 rings (SSSR count). The van der Waals surface area contributed by atoms with E-state index in [0.29, 0.717) is 5.65 Å². The minimum atomic E-state index is -0.317. The molecule has 0 aliphatic heterocycles. The van der Waals surface area contributed by atoms with Crippen molar-refractivity contribution in [3.8, 4) is 11.1 Å². The van der Waals surface area contributed by atoms with Crippen molar-refractivity contribution < 1.29 is 5.82 Å². The van der Waals surface area contributed by atoms with E-state index in [0.717, 1.165) is 29.4 Å². The summed E-state index contributed by atoms with van der Waals surface area (Å²) in [6, 6.07) is 9.78. The smallest absolute Gasteiger partial charge is 0.142 e. The lowest BCUT2D eigenvalue weighted by molar-refractivity contribution is 0.624. The molecule has 0 saturated heterocycles. The minimum absolute atomic E-state index is 0. The van der Waals surface area contributed by atoms with Crippen molar-refractivity contribution in [3.05, 3.63) is 72.3 Å². The molecule has 0 saturated carbocycles. The predicted octanol–water partition coefficient (Wildman–Crippen LogP) is 5.35. The Hall–Kier alpha value is -2.68. The second-order valence-corrected chi connectivity index (χ2v) is 5.44. The number of aromatic amines is 1. The van der Waals surface area contributed by atoms with Crippen LogP contribution < -0.4 is 0 Å². The lowest BCUT2D eigenvalue weighted by atomic mass is 9.92. The molecule has 22 heavy (non-hydrogen) atoms. The number of H-pyrrole nitrogens is 1. The van der Waals surface area contributed by atoms with E-state index in [-0.39, 0.29) is 7.24 Å². The Kier molecular flexibility index (Phi) is 3.11. The van der Waals surface area contributed by atoms with Gasteiger partial charge in [-0.15, -0.1) is 0 Å². The highest BCUT2D eigenvalue weighted by Gasteiger charge is 2.13. The Morgan fingerprint density at radius 1 is 1.09 bits per heavy atom. The zero-order valence-corrected chi connectivity index (χ0v) is 12.0. The molecule has 0 unspecified atom stereocenters. The standard InChI is InChI=1S/C19H15FN2.H2/c20-14-10-17-18(12-22-19(17)21-11-14)16-9-5-4-8-15(16)13-6-2-1-3-7-13;/h2,4-12H,1,3H2,(H,21,22);1H. The molecule has 0 amide bonds. The second kappa shape index (κ2) is 5.26. The first-order valence-electron chi connectivity index (χ1n) is 7.42. The average Bonchev–Trinajstić information content (AvgIpc) is 2.98. The molecule has 3 heteroatoms. The highest BCUT2D eigenvalue weighted by Crippen LogP contribution is 2.35. The molecule has 2 heterocycles. The fraction of sp³-hybridized carbons (Fsp3) is 0.105. The third kappa shape index (κ3) is 2.15. The number of allylic oxidation sites excluding steroid dienone is 4. The van der Waals surface area contributed by atoms with Crippen molar-refractivity contribution >= 4 is 16.6 Å². The van der Waals surface area contributed by atoms with Crippen LogP contribution in [0.4, 0.5) is 4.39 Å². The van der Waals surface area contributed by atoms with Crippen LogP contribution in [0.2, 0.25) is 0 Å². The molecule has 0 spiro atoms. The first-order chi connectivity index (χ1) is 10.8. The molecule has 1 aliphatic rings. The molecule has 0 radical (unpaired) electrons. The Labute approximate surface area is 129 Å². The Balaban J connectivity index is 0.00000156. The van der Waals surface area contributed by atoms with E-state index < -0.39 is 0 Å². The molecule has 3 aromatic rings. The molecule has 0 fully saturated rings. The number of fused-ring (bicyclic) bond motifs is 1. The normalized spacial score (nSPS) is 14.3. The van der Waals surface area contributed by atoms with Gasteiger partial charge in [0, 0.05) is 18.6 Å². The van der Waals surface area contributed by atoms with E-state index >= 15 is 0 Å². The maximum atomic E-state index is 13.6. The summed E-state index contributed by atoms with van der Waals surface area (Å²) in [6.07, 6.45) is 11.9. The molecule has 0 bridgehead atoms. The number of hydrogen-bond acceptors (Lipinski definition) is 1. The Morgan fingerprint density at radius 3 is 2.77 bits per heavy atom. The van der Waals surface area contributed by atoms with Crippen molar-refractivity contribution in [2.24, 2.45) is 0 Å². The fourth-order valence-corrected chi connectivity index (χ4v) is 2.98. The molecule has 1 N–H and O–H groups in total. The van der Waals surface area contributed by atoms with Gasteiger partial charge in [0.25, 0.3) is 0 Å². The lowest BCUT2D eigenvalue weighted by Gasteiger charge is -2.12. The van der Waals surface area contributed by atoms with E-state index in [9.17, 15) is 4.39 Å². The zero-order valence-electron chi connectivity index (χ0n) is 12.0. The Bertz CT molecular complexity index is 909. The molecule has 110 valence electrons. The van der Waals surface area contributed by atoms with Gasteiger partial charge < -0.3 is 4.98 Å². The first kappa shape index (κ1) is 13.0. The van der Waals surface area contributed by atoms with Gasteiger partial charge in [0.1, 0.15) is 11.5 Å². The van der Waals surface area contributed by atoms with E-state index in [4.69, 9.17) is 0 Å². The van der Waals surface area contributed by atoms with Crippen molar-refractivity contribution in [1.82, 2.24) is 9.97 Å².